The summed E-state index contributed by atoms with van der Waals surface area (Å²) in [4.78, 5) is 11.8. The van der Waals surface area contributed by atoms with Crippen LogP contribution in [-0.2, 0) is 14.0 Å². The average molecular weight is 266 g/mol. The van der Waals surface area contributed by atoms with Crippen molar-refractivity contribution in [1.29, 1.82) is 0 Å². The minimum atomic E-state index is -0.695. The molecule has 0 saturated carbocycles. The zero-order valence-electron chi connectivity index (χ0n) is 12.0. The van der Waals surface area contributed by atoms with Crippen molar-refractivity contribution in [2.75, 3.05) is 6.61 Å². The molecule has 1 aromatic heterocycles. The molecule has 0 unspecified atom stereocenters. The van der Waals surface area contributed by atoms with Crippen LogP contribution in [0.5, 0.6) is 0 Å². The van der Waals surface area contributed by atoms with Gasteiger partial charge < -0.3 is 18.5 Å². The summed E-state index contributed by atoms with van der Waals surface area (Å²) in [6.07, 6.45) is 1.44. The van der Waals surface area contributed by atoms with E-state index in [2.05, 4.69) is 0 Å². The SMILES string of the molecule is CCOC(=O)c1ccoc1B1OC(C)(C)C(C)(C)O1. The molecule has 19 heavy (non-hydrogen) atoms. The van der Waals surface area contributed by atoms with Crippen molar-refractivity contribution in [2.24, 2.45) is 0 Å². The first-order valence-electron chi connectivity index (χ1n) is 6.38. The summed E-state index contributed by atoms with van der Waals surface area (Å²) in [6.45, 7) is 9.85. The van der Waals surface area contributed by atoms with Crippen molar-refractivity contribution >= 4 is 18.7 Å². The van der Waals surface area contributed by atoms with Crippen LogP contribution in [0.15, 0.2) is 16.7 Å². The molecule has 6 heteroatoms. The maximum atomic E-state index is 11.8. The lowest BCUT2D eigenvalue weighted by atomic mass is 9.83. The zero-order chi connectivity index (χ0) is 14.3. The lowest BCUT2D eigenvalue weighted by Crippen LogP contribution is -2.41. The summed E-state index contributed by atoms with van der Waals surface area (Å²) in [5.41, 5.74) is -0.246. The minimum Gasteiger partial charge on any atom is -0.472 e. The van der Waals surface area contributed by atoms with Gasteiger partial charge in [-0.3, -0.25) is 0 Å². The van der Waals surface area contributed by atoms with Crippen molar-refractivity contribution in [3.05, 3.63) is 17.9 Å². The monoisotopic (exact) mass is 266 g/mol. The fraction of sp³-hybridized carbons (Fsp3) is 0.615. The van der Waals surface area contributed by atoms with Crippen LogP contribution in [-0.4, -0.2) is 30.9 Å². The molecule has 1 saturated heterocycles. The Morgan fingerprint density at radius 2 is 1.84 bits per heavy atom. The molecule has 5 nitrogen and oxygen atoms in total. The molecule has 0 N–H and O–H groups in total. The predicted molar refractivity (Wildman–Crippen MR) is 70.4 cm³/mol. The molecular weight excluding hydrogens is 247 g/mol. The molecule has 0 atom stereocenters. The normalized spacial score (nSPS) is 20.6. The molecule has 0 radical (unpaired) electrons. The number of carbonyl (C=O) groups is 1. The Labute approximate surface area is 113 Å². The molecule has 0 bridgehead atoms. The summed E-state index contributed by atoms with van der Waals surface area (Å²) < 4.78 is 22.0. The summed E-state index contributed by atoms with van der Waals surface area (Å²) in [5, 5.41) is 0. The number of furan rings is 1. The molecule has 0 aliphatic carbocycles. The van der Waals surface area contributed by atoms with Crippen LogP contribution in [0.2, 0.25) is 0 Å². The highest BCUT2D eigenvalue weighted by Crippen LogP contribution is 2.36. The van der Waals surface area contributed by atoms with Gasteiger partial charge in [0.2, 0.25) is 0 Å². The van der Waals surface area contributed by atoms with Crippen LogP contribution < -0.4 is 5.66 Å². The van der Waals surface area contributed by atoms with Crippen LogP contribution in [0.4, 0.5) is 0 Å². The van der Waals surface area contributed by atoms with E-state index < -0.39 is 24.3 Å². The van der Waals surface area contributed by atoms with Crippen LogP contribution in [0.25, 0.3) is 0 Å². The van der Waals surface area contributed by atoms with E-state index in [4.69, 9.17) is 18.5 Å². The van der Waals surface area contributed by atoms with Crippen molar-refractivity contribution in [3.8, 4) is 0 Å². The first kappa shape index (κ1) is 14.2. The second-order valence-corrected chi connectivity index (χ2v) is 5.51. The fourth-order valence-electron chi connectivity index (χ4n) is 1.83. The summed E-state index contributed by atoms with van der Waals surface area (Å²) in [6, 6.07) is 1.57. The van der Waals surface area contributed by atoms with E-state index in [0.29, 0.717) is 17.8 Å². The zero-order valence-corrected chi connectivity index (χ0v) is 12.0. The molecular formula is C13H19BO5. The Morgan fingerprint density at radius 3 is 2.37 bits per heavy atom. The number of ether oxygens (including phenoxy) is 1. The van der Waals surface area contributed by atoms with E-state index in [9.17, 15) is 4.79 Å². The summed E-state index contributed by atoms with van der Waals surface area (Å²) in [7, 11) is -0.695. The fourth-order valence-corrected chi connectivity index (χ4v) is 1.83. The Bertz CT molecular complexity index is 461. The molecule has 2 heterocycles. The maximum absolute atomic E-state index is 11.8. The average Bonchev–Trinajstić information content (AvgIpc) is 2.82. The van der Waals surface area contributed by atoms with Gasteiger partial charge in [-0.05, 0) is 40.7 Å². The van der Waals surface area contributed by atoms with Crippen LogP contribution in [0, 0.1) is 0 Å². The Morgan fingerprint density at radius 1 is 1.26 bits per heavy atom. The lowest BCUT2D eigenvalue weighted by Gasteiger charge is -2.32. The molecule has 1 aliphatic heterocycles. The largest absolute Gasteiger partial charge is 0.533 e. The molecule has 1 aromatic rings. The third-order valence-corrected chi connectivity index (χ3v) is 3.66. The van der Waals surface area contributed by atoms with Crippen molar-refractivity contribution in [3.63, 3.8) is 0 Å². The molecule has 1 aliphatic rings. The van der Waals surface area contributed by atoms with Crippen molar-refractivity contribution in [1.82, 2.24) is 0 Å². The van der Waals surface area contributed by atoms with E-state index in [1.165, 1.54) is 6.26 Å². The van der Waals surface area contributed by atoms with Crippen LogP contribution in [0.1, 0.15) is 45.0 Å². The van der Waals surface area contributed by atoms with Crippen molar-refractivity contribution in [2.45, 2.75) is 45.8 Å². The van der Waals surface area contributed by atoms with Gasteiger partial charge in [-0.25, -0.2) is 4.79 Å². The highest BCUT2D eigenvalue weighted by Gasteiger charge is 2.54. The Balaban J connectivity index is 2.26. The van der Waals surface area contributed by atoms with Gasteiger partial charge in [-0.2, -0.15) is 0 Å². The number of rotatable bonds is 3. The lowest BCUT2D eigenvalue weighted by molar-refractivity contribution is 0.00578. The second-order valence-electron chi connectivity index (χ2n) is 5.51. The molecule has 2 rings (SSSR count). The van der Waals surface area contributed by atoms with Gasteiger partial charge in [0.05, 0.1) is 29.6 Å². The second kappa shape index (κ2) is 4.69. The highest BCUT2D eigenvalue weighted by atomic mass is 16.7. The Hall–Kier alpha value is -1.27. The van der Waals surface area contributed by atoms with Crippen LogP contribution in [0.3, 0.4) is 0 Å². The number of esters is 1. The Kier molecular flexibility index (Phi) is 3.49. The first-order valence-corrected chi connectivity index (χ1v) is 6.38. The van der Waals surface area contributed by atoms with Crippen LogP contribution >= 0.6 is 0 Å². The highest BCUT2D eigenvalue weighted by molar-refractivity contribution is 6.62. The standard InChI is InChI=1S/C13H19BO5/c1-6-16-11(15)9-7-8-17-10(9)14-18-12(2,3)13(4,5)19-14/h7-8H,6H2,1-5H3. The van der Waals surface area contributed by atoms with Gasteiger partial charge in [0, 0.05) is 0 Å². The predicted octanol–water partition coefficient (Wildman–Crippen LogP) is 1.76. The third kappa shape index (κ3) is 2.42. The smallest absolute Gasteiger partial charge is 0.472 e. The van der Waals surface area contributed by atoms with Gasteiger partial charge in [-0.1, -0.05) is 0 Å². The first-order chi connectivity index (χ1) is 8.78. The molecule has 104 valence electrons. The van der Waals surface area contributed by atoms with E-state index in [0.717, 1.165) is 0 Å². The van der Waals surface area contributed by atoms with E-state index in [1.54, 1.807) is 13.0 Å². The van der Waals surface area contributed by atoms with Gasteiger partial charge in [-0.15, -0.1) is 0 Å². The summed E-state index contributed by atoms with van der Waals surface area (Å²) in [5.74, 6) is -0.430. The van der Waals surface area contributed by atoms with E-state index in [-0.39, 0.29) is 0 Å². The summed E-state index contributed by atoms with van der Waals surface area (Å²) >= 11 is 0. The molecule has 0 spiro atoms. The number of hydrogen-bond donors (Lipinski definition) is 0. The minimum absolute atomic E-state index is 0.312. The van der Waals surface area contributed by atoms with Gasteiger partial charge in [0.25, 0.3) is 0 Å². The molecule has 1 fully saturated rings. The third-order valence-electron chi connectivity index (χ3n) is 3.66. The number of hydrogen-bond acceptors (Lipinski definition) is 5. The maximum Gasteiger partial charge on any atom is 0.533 e. The number of carbonyl (C=O) groups excluding carboxylic acids is 1. The topological polar surface area (TPSA) is 57.9 Å². The molecule has 0 aromatic carbocycles. The molecule has 0 amide bonds. The quantitative estimate of drug-likeness (QED) is 0.616. The van der Waals surface area contributed by atoms with Gasteiger partial charge in [0.1, 0.15) is 5.66 Å². The van der Waals surface area contributed by atoms with E-state index in [1.807, 2.05) is 27.7 Å². The van der Waals surface area contributed by atoms with Crippen molar-refractivity contribution < 1.29 is 23.3 Å². The van der Waals surface area contributed by atoms with Gasteiger partial charge >= 0.3 is 13.1 Å². The van der Waals surface area contributed by atoms with Gasteiger partial charge in [0.15, 0.2) is 0 Å². The van der Waals surface area contributed by atoms with E-state index >= 15 is 0 Å².